The van der Waals surface area contributed by atoms with E-state index >= 15 is 0 Å². The van der Waals surface area contributed by atoms with Crippen molar-refractivity contribution in [3.8, 4) is 5.75 Å². The van der Waals surface area contributed by atoms with E-state index in [0.717, 1.165) is 24.3 Å². The summed E-state index contributed by atoms with van der Waals surface area (Å²) in [6.45, 7) is 8.41. The third kappa shape index (κ3) is 6.25. The van der Waals surface area contributed by atoms with Gasteiger partial charge in [-0.05, 0) is 37.7 Å². The van der Waals surface area contributed by atoms with Gasteiger partial charge in [0, 0.05) is 17.8 Å². The van der Waals surface area contributed by atoms with E-state index in [9.17, 15) is 0 Å². The van der Waals surface area contributed by atoms with Gasteiger partial charge in [-0.3, -0.25) is 0 Å². The maximum atomic E-state index is 5.48. The van der Waals surface area contributed by atoms with E-state index in [2.05, 4.69) is 31.1 Å². The van der Waals surface area contributed by atoms with Gasteiger partial charge in [0.15, 0.2) is 5.11 Å². The van der Waals surface area contributed by atoms with Gasteiger partial charge < -0.3 is 15.4 Å². The zero-order valence-electron chi connectivity index (χ0n) is 11.6. The lowest BCUT2D eigenvalue weighted by atomic mass is 10.2. The molecule has 1 aromatic rings. The van der Waals surface area contributed by atoms with Crippen molar-refractivity contribution in [3.05, 3.63) is 36.9 Å². The molecule has 1 aromatic carbocycles. The quantitative estimate of drug-likeness (QED) is 0.588. The van der Waals surface area contributed by atoms with Gasteiger partial charge in [0.1, 0.15) is 12.4 Å². The highest BCUT2D eigenvalue weighted by Gasteiger charge is 2.03. The Morgan fingerprint density at radius 3 is 3.00 bits per heavy atom. The second-order valence-electron chi connectivity index (χ2n) is 4.42. The third-order valence-electron chi connectivity index (χ3n) is 2.56. The summed E-state index contributed by atoms with van der Waals surface area (Å²) in [4.78, 5) is 0. The monoisotopic (exact) mass is 278 g/mol. The topological polar surface area (TPSA) is 33.3 Å². The summed E-state index contributed by atoms with van der Waals surface area (Å²) in [6.07, 6.45) is 3.96. The molecule has 0 aliphatic carbocycles. The van der Waals surface area contributed by atoms with Crippen molar-refractivity contribution in [2.24, 2.45) is 0 Å². The van der Waals surface area contributed by atoms with Crippen LogP contribution in [-0.2, 0) is 0 Å². The van der Waals surface area contributed by atoms with Crippen LogP contribution in [0.15, 0.2) is 36.9 Å². The van der Waals surface area contributed by atoms with Crippen LogP contribution in [0.4, 0.5) is 5.69 Å². The minimum absolute atomic E-state index is 0.380. The average molecular weight is 278 g/mol. The second-order valence-corrected chi connectivity index (χ2v) is 4.82. The van der Waals surface area contributed by atoms with E-state index in [1.165, 1.54) is 0 Å². The van der Waals surface area contributed by atoms with Crippen molar-refractivity contribution in [2.75, 3.05) is 11.9 Å². The fourth-order valence-corrected chi connectivity index (χ4v) is 2.03. The number of anilines is 1. The first-order valence-corrected chi connectivity index (χ1v) is 6.97. The van der Waals surface area contributed by atoms with E-state index in [4.69, 9.17) is 17.0 Å². The number of nitrogens with one attached hydrogen (secondary N) is 2. The smallest absolute Gasteiger partial charge is 0.170 e. The van der Waals surface area contributed by atoms with Crippen molar-refractivity contribution in [3.63, 3.8) is 0 Å². The molecule has 0 aromatic heterocycles. The highest BCUT2D eigenvalue weighted by molar-refractivity contribution is 7.80. The summed E-state index contributed by atoms with van der Waals surface area (Å²) in [5, 5.41) is 7.06. The number of ether oxygens (including phenoxy) is 1. The van der Waals surface area contributed by atoms with Gasteiger partial charge in [-0.1, -0.05) is 32.1 Å². The molecule has 4 heteroatoms. The minimum Gasteiger partial charge on any atom is -0.489 e. The molecule has 19 heavy (non-hydrogen) atoms. The normalized spacial score (nSPS) is 11.5. The molecule has 0 spiro atoms. The Morgan fingerprint density at radius 1 is 1.53 bits per heavy atom. The summed E-state index contributed by atoms with van der Waals surface area (Å²) < 4.78 is 5.48. The van der Waals surface area contributed by atoms with Crippen LogP contribution in [0.1, 0.15) is 26.7 Å². The van der Waals surface area contributed by atoms with Gasteiger partial charge in [0.25, 0.3) is 0 Å². The van der Waals surface area contributed by atoms with Gasteiger partial charge in [-0.25, -0.2) is 0 Å². The Bertz CT molecular complexity index is 420. The number of hydrogen-bond acceptors (Lipinski definition) is 2. The Labute approximate surface area is 121 Å². The van der Waals surface area contributed by atoms with Gasteiger partial charge in [-0.2, -0.15) is 0 Å². The Hall–Kier alpha value is -1.55. The summed E-state index contributed by atoms with van der Waals surface area (Å²) >= 11 is 5.28. The fourth-order valence-electron chi connectivity index (χ4n) is 1.71. The Morgan fingerprint density at radius 2 is 2.32 bits per heavy atom. The number of hydrogen-bond donors (Lipinski definition) is 2. The van der Waals surface area contributed by atoms with Crippen molar-refractivity contribution in [1.29, 1.82) is 0 Å². The largest absolute Gasteiger partial charge is 0.489 e. The van der Waals surface area contributed by atoms with Crippen LogP contribution in [0.5, 0.6) is 5.75 Å². The first-order chi connectivity index (χ1) is 9.15. The van der Waals surface area contributed by atoms with Crippen LogP contribution < -0.4 is 15.4 Å². The van der Waals surface area contributed by atoms with Crippen molar-refractivity contribution < 1.29 is 4.74 Å². The first-order valence-electron chi connectivity index (χ1n) is 6.57. The molecule has 0 unspecified atom stereocenters. The predicted molar refractivity (Wildman–Crippen MR) is 85.9 cm³/mol. The molecule has 1 atom stereocenters. The molecule has 104 valence electrons. The lowest BCUT2D eigenvalue weighted by Crippen LogP contribution is -2.35. The molecule has 0 bridgehead atoms. The summed E-state index contributed by atoms with van der Waals surface area (Å²) in [7, 11) is 0. The molecule has 0 saturated heterocycles. The molecule has 0 fully saturated rings. The van der Waals surface area contributed by atoms with Gasteiger partial charge in [0.2, 0.25) is 0 Å². The van der Waals surface area contributed by atoms with E-state index in [-0.39, 0.29) is 0 Å². The van der Waals surface area contributed by atoms with Crippen LogP contribution in [0.3, 0.4) is 0 Å². The van der Waals surface area contributed by atoms with Crippen molar-refractivity contribution in [2.45, 2.75) is 32.7 Å². The summed E-state index contributed by atoms with van der Waals surface area (Å²) in [5.41, 5.74) is 0.919. The zero-order valence-corrected chi connectivity index (χ0v) is 12.4. The molecule has 0 saturated carbocycles. The number of thiocarbonyl (C=S) groups is 1. The Kier molecular flexibility index (Phi) is 6.97. The molecule has 0 amide bonds. The zero-order chi connectivity index (χ0) is 14.1. The summed E-state index contributed by atoms with van der Waals surface area (Å²) in [6, 6.07) is 8.09. The lowest BCUT2D eigenvalue weighted by Gasteiger charge is -2.16. The average Bonchev–Trinajstić information content (AvgIpc) is 2.36. The molecule has 0 aliphatic rings. The van der Waals surface area contributed by atoms with Crippen LogP contribution in [-0.4, -0.2) is 17.8 Å². The number of rotatable bonds is 7. The standard InChI is InChI=1S/C15H22N2OS/c1-4-7-12(3)16-15(19)17-13-8-6-9-14(11-13)18-10-5-2/h5-6,8-9,11-12H,2,4,7,10H2,1,3H3,(H2,16,17,19)/t12-/m0/s1. The van der Waals surface area contributed by atoms with E-state index < -0.39 is 0 Å². The lowest BCUT2D eigenvalue weighted by molar-refractivity contribution is 0.363. The Balaban J connectivity index is 2.51. The maximum Gasteiger partial charge on any atom is 0.170 e. The van der Waals surface area contributed by atoms with Crippen LogP contribution in [0.25, 0.3) is 0 Å². The van der Waals surface area contributed by atoms with Crippen LogP contribution in [0, 0.1) is 0 Å². The van der Waals surface area contributed by atoms with Crippen molar-refractivity contribution >= 4 is 23.0 Å². The maximum absolute atomic E-state index is 5.48. The van der Waals surface area contributed by atoms with E-state index in [1.54, 1.807) is 6.08 Å². The van der Waals surface area contributed by atoms with Crippen LogP contribution in [0.2, 0.25) is 0 Å². The molecular formula is C15H22N2OS. The molecule has 0 heterocycles. The van der Waals surface area contributed by atoms with Gasteiger partial charge in [0.05, 0.1) is 0 Å². The highest BCUT2D eigenvalue weighted by atomic mass is 32.1. The SMILES string of the molecule is C=CCOc1cccc(NC(=S)N[C@@H](C)CCC)c1. The second kappa shape index (κ2) is 8.53. The van der Waals surface area contributed by atoms with E-state index in [0.29, 0.717) is 17.8 Å². The molecule has 0 radical (unpaired) electrons. The first kappa shape index (κ1) is 15.5. The van der Waals surface area contributed by atoms with Crippen LogP contribution >= 0.6 is 12.2 Å². The highest BCUT2D eigenvalue weighted by Crippen LogP contribution is 2.17. The fraction of sp³-hybridized carbons (Fsp3) is 0.400. The third-order valence-corrected chi connectivity index (χ3v) is 2.78. The van der Waals surface area contributed by atoms with Gasteiger partial charge >= 0.3 is 0 Å². The molecule has 2 N–H and O–H groups in total. The molecular weight excluding hydrogens is 256 g/mol. The van der Waals surface area contributed by atoms with Crippen molar-refractivity contribution in [1.82, 2.24) is 5.32 Å². The predicted octanol–water partition coefficient (Wildman–Crippen LogP) is 3.73. The molecule has 0 aliphatic heterocycles. The van der Waals surface area contributed by atoms with E-state index in [1.807, 2.05) is 24.3 Å². The molecule has 1 rings (SSSR count). The number of benzene rings is 1. The summed E-state index contributed by atoms with van der Waals surface area (Å²) in [5.74, 6) is 0.800. The van der Waals surface area contributed by atoms with Gasteiger partial charge in [-0.15, -0.1) is 0 Å². The minimum atomic E-state index is 0.380. The molecule has 3 nitrogen and oxygen atoms in total.